The van der Waals surface area contributed by atoms with Crippen LogP contribution in [0.25, 0.3) is 0 Å². The van der Waals surface area contributed by atoms with Crippen molar-refractivity contribution in [2.75, 3.05) is 13.1 Å². The molecule has 1 fully saturated rings. The summed E-state index contributed by atoms with van der Waals surface area (Å²) in [5, 5.41) is 18.6. The molecule has 8 nitrogen and oxygen atoms in total. The summed E-state index contributed by atoms with van der Waals surface area (Å²) >= 11 is 0. The largest absolute Gasteiger partial charge is 0.507 e. The molecule has 2 amide bonds. The molecule has 0 aliphatic carbocycles. The summed E-state index contributed by atoms with van der Waals surface area (Å²) in [7, 11) is 0. The minimum Gasteiger partial charge on any atom is -0.507 e. The summed E-state index contributed by atoms with van der Waals surface area (Å²) in [6.45, 7) is 0.955. The highest BCUT2D eigenvalue weighted by molar-refractivity contribution is 5.97. The molecule has 8 heteroatoms. The van der Waals surface area contributed by atoms with Gasteiger partial charge in [-0.05, 0) is 31.0 Å². The van der Waals surface area contributed by atoms with E-state index in [0.717, 1.165) is 0 Å². The van der Waals surface area contributed by atoms with E-state index in [2.05, 4.69) is 15.5 Å². The highest BCUT2D eigenvalue weighted by atomic mass is 16.3. The third-order valence-electron chi connectivity index (χ3n) is 4.16. The summed E-state index contributed by atoms with van der Waals surface area (Å²) < 4.78 is 0. The quantitative estimate of drug-likeness (QED) is 0.752. The van der Waals surface area contributed by atoms with Crippen molar-refractivity contribution < 1.29 is 14.7 Å². The van der Waals surface area contributed by atoms with Gasteiger partial charge in [0.2, 0.25) is 0 Å². The number of benzene rings is 1. The number of hydrogen-bond donors (Lipinski definition) is 3. The first kappa shape index (κ1) is 16.7. The Balaban J connectivity index is 1.56. The molecule has 2 heterocycles. The number of phenolic OH excluding ortho intramolecular Hbond substituents is 1. The van der Waals surface area contributed by atoms with E-state index in [1.165, 1.54) is 18.2 Å². The minimum absolute atomic E-state index is 0.0586. The Morgan fingerprint density at radius 1 is 1.16 bits per heavy atom. The lowest BCUT2D eigenvalue weighted by Crippen LogP contribution is -2.46. The third kappa shape index (κ3) is 3.85. The SMILES string of the molecule is O=C(NC1CCN(C(=O)c2ccc(=O)[nH]n2)CC1)c1ccccc1O. The number of piperidine rings is 1. The molecule has 3 rings (SSSR count). The number of phenols is 1. The van der Waals surface area contributed by atoms with Crippen LogP contribution in [-0.2, 0) is 0 Å². The van der Waals surface area contributed by atoms with Gasteiger partial charge in [-0.1, -0.05) is 12.1 Å². The number of likely N-dealkylation sites (tertiary alicyclic amines) is 1. The van der Waals surface area contributed by atoms with Crippen LogP contribution in [0.3, 0.4) is 0 Å². The highest BCUT2D eigenvalue weighted by Gasteiger charge is 2.26. The third-order valence-corrected chi connectivity index (χ3v) is 4.16. The van der Waals surface area contributed by atoms with Crippen molar-refractivity contribution in [3.8, 4) is 5.75 Å². The Morgan fingerprint density at radius 2 is 1.88 bits per heavy atom. The number of aromatic nitrogens is 2. The highest BCUT2D eigenvalue weighted by Crippen LogP contribution is 2.17. The average Bonchev–Trinajstić information content (AvgIpc) is 2.63. The van der Waals surface area contributed by atoms with Gasteiger partial charge in [-0.15, -0.1) is 0 Å². The first-order chi connectivity index (χ1) is 12.0. The van der Waals surface area contributed by atoms with Gasteiger partial charge in [-0.3, -0.25) is 14.4 Å². The monoisotopic (exact) mass is 342 g/mol. The zero-order chi connectivity index (χ0) is 17.8. The topological polar surface area (TPSA) is 115 Å². The molecule has 25 heavy (non-hydrogen) atoms. The lowest BCUT2D eigenvalue weighted by Gasteiger charge is -2.32. The molecule has 0 atom stereocenters. The number of aromatic hydroxyl groups is 1. The van der Waals surface area contributed by atoms with Crippen molar-refractivity contribution >= 4 is 11.8 Å². The van der Waals surface area contributed by atoms with E-state index in [1.54, 1.807) is 23.1 Å². The van der Waals surface area contributed by atoms with Gasteiger partial charge in [0.25, 0.3) is 17.4 Å². The molecule has 1 aromatic heterocycles. The van der Waals surface area contributed by atoms with Crippen molar-refractivity contribution in [1.29, 1.82) is 0 Å². The van der Waals surface area contributed by atoms with Crippen molar-refractivity contribution in [2.45, 2.75) is 18.9 Å². The predicted molar refractivity (Wildman–Crippen MR) is 89.4 cm³/mol. The molecule has 2 aromatic rings. The molecular formula is C17H18N4O4. The number of aromatic amines is 1. The number of nitrogens with one attached hydrogen (secondary N) is 2. The zero-order valence-electron chi connectivity index (χ0n) is 13.4. The second-order valence-electron chi connectivity index (χ2n) is 5.86. The van der Waals surface area contributed by atoms with E-state index in [4.69, 9.17) is 0 Å². The Kier molecular flexibility index (Phi) is 4.78. The first-order valence-corrected chi connectivity index (χ1v) is 7.98. The van der Waals surface area contributed by atoms with E-state index in [1.807, 2.05) is 0 Å². The van der Waals surface area contributed by atoms with Gasteiger partial charge < -0.3 is 15.3 Å². The van der Waals surface area contributed by atoms with Crippen LogP contribution in [0.2, 0.25) is 0 Å². The number of amides is 2. The van der Waals surface area contributed by atoms with E-state index >= 15 is 0 Å². The molecule has 130 valence electrons. The van der Waals surface area contributed by atoms with E-state index in [9.17, 15) is 19.5 Å². The Bertz CT molecular complexity index is 820. The fourth-order valence-corrected chi connectivity index (χ4v) is 2.78. The van der Waals surface area contributed by atoms with Gasteiger partial charge in [0.15, 0.2) is 0 Å². The van der Waals surface area contributed by atoms with E-state index in [0.29, 0.717) is 25.9 Å². The summed E-state index contributed by atoms with van der Waals surface area (Å²) in [5.74, 6) is -0.635. The molecule has 0 spiro atoms. The van der Waals surface area contributed by atoms with Crippen LogP contribution in [0, 0.1) is 0 Å². The Morgan fingerprint density at radius 3 is 2.52 bits per heavy atom. The van der Waals surface area contributed by atoms with Crippen LogP contribution >= 0.6 is 0 Å². The van der Waals surface area contributed by atoms with E-state index < -0.39 is 0 Å². The first-order valence-electron chi connectivity index (χ1n) is 7.98. The number of nitrogens with zero attached hydrogens (tertiary/aromatic N) is 2. The van der Waals surface area contributed by atoms with Gasteiger partial charge in [-0.2, -0.15) is 5.10 Å². The van der Waals surface area contributed by atoms with Gasteiger partial charge >= 0.3 is 0 Å². The molecule has 1 saturated heterocycles. The van der Waals surface area contributed by atoms with E-state index in [-0.39, 0.29) is 40.4 Å². The lowest BCUT2D eigenvalue weighted by molar-refractivity contribution is 0.0691. The molecule has 1 aromatic carbocycles. The average molecular weight is 342 g/mol. The molecule has 1 aliphatic heterocycles. The smallest absolute Gasteiger partial charge is 0.274 e. The fourth-order valence-electron chi connectivity index (χ4n) is 2.78. The molecule has 0 saturated carbocycles. The van der Waals surface area contributed by atoms with Gasteiger partial charge in [0, 0.05) is 25.2 Å². The van der Waals surface area contributed by atoms with Crippen LogP contribution < -0.4 is 10.9 Å². The number of carbonyl (C=O) groups is 2. The van der Waals surface area contributed by atoms with Gasteiger partial charge in [0.05, 0.1) is 5.56 Å². The summed E-state index contributed by atoms with van der Waals surface area (Å²) in [6.07, 6.45) is 1.21. The van der Waals surface area contributed by atoms with Crippen LogP contribution in [0.15, 0.2) is 41.2 Å². The maximum atomic E-state index is 12.3. The summed E-state index contributed by atoms with van der Waals surface area (Å²) in [4.78, 5) is 37.2. The van der Waals surface area contributed by atoms with Crippen LogP contribution in [0.1, 0.15) is 33.7 Å². The maximum absolute atomic E-state index is 12.3. The van der Waals surface area contributed by atoms with Crippen molar-refractivity contribution in [3.05, 3.63) is 58.0 Å². The minimum atomic E-state index is -0.359. The molecule has 0 unspecified atom stereocenters. The Hall–Kier alpha value is -3.16. The second kappa shape index (κ2) is 7.16. The molecular weight excluding hydrogens is 324 g/mol. The molecule has 0 bridgehead atoms. The standard InChI is InChI=1S/C17H18N4O4/c22-14-4-2-1-3-12(14)16(24)18-11-7-9-21(10-8-11)17(25)13-5-6-15(23)20-19-13/h1-6,11,22H,7-10H2,(H,18,24)(H,20,23). The Labute approximate surface area is 143 Å². The van der Waals surface area contributed by atoms with Crippen LogP contribution in [0.4, 0.5) is 0 Å². The zero-order valence-corrected chi connectivity index (χ0v) is 13.4. The normalized spacial score (nSPS) is 15.0. The number of carbonyl (C=O) groups excluding carboxylic acids is 2. The molecule has 0 radical (unpaired) electrons. The van der Waals surface area contributed by atoms with Crippen molar-refractivity contribution in [1.82, 2.24) is 20.4 Å². The number of rotatable bonds is 3. The van der Waals surface area contributed by atoms with Crippen LogP contribution in [-0.4, -0.2) is 51.1 Å². The number of H-pyrrole nitrogens is 1. The number of para-hydroxylation sites is 1. The van der Waals surface area contributed by atoms with Crippen molar-refractivity contribution in [3.63, 3.8) is 0 Å². The second-order valence-corrected chi connectivity index (χ2v) is 5.86. The summed E-state index contributed by atoms with van der Waals surface area (Å²) in [5.41, 5.74) is 0.0666. The predicted octanol–water partition coefficient (Wildman–Crippen LogP) is 0.510. The fraction of sp³-hybridized carbons (Fsp3) is 0.294. The summed E-state index contributed by atoms with van der Waals surface area (Å²) in [6, 6.07) is 8.96. The lowest BCUT2D eigenvalue weighted by atomic mass is 10.0. The maximum Gasteiger partial charge on any atom is 0.274 e. The molecule has 1 aliphatic rings. The van der Waals surface area contributed by atoms with Gasteiger partial charge in [-0.25, -0.2) is 5.10 Å². The van der Waals surface area contributed by atoms with Gasteiger partial charge in [0.1, 0.15) is 11.4 Å². The molecule has 3 N–H and O–H groups in total. The number of hydrogen-bond acceptors (Lipinski definition) is 5. The van der Waals surface area contributed by atoms with Crippen LogP contribution in [0.5, 0.6) is 5.75 Å². The van der Waals surface area contributed by atoms with Crippen molar-refractivity contribution in [2.24, 2.45) is 0 Å².